The van der Waals surface area contributed by atoms with Crippen molar-refractivity contribution in [2.24, 2.45) is 0 Å². The van der Waals surface area contributed by atoms with E-state index in [0.717, 1.165) is 18.7 Å². The number of nitrogens with zero attached hydrogens (tertiary/aromatic N) is 1. The predicted octanol–water partition coefficient (Wildman–Crippen LogP) is 4.26. The molecule has 5 heteroatoms. The van der Waals surface area contributed by atoms with Crippen LogP contribution in [0.3, 0.4) is 0 Å². The van der Waals surface area contributed by atoms with Gasteiger partial charge in [-0.2, -0.15) is 0 Å². The molecule has 0 saturated carbocycles. The summed E-state index contributed by atoms with van der Waals surface area (Å²) in [4.78, 5) is 11.0. The van der Waals surface area contributed by atoms with Crippen molar-refractivity contribution in [3.63, 3.8) is 0 Å². The molecule has 1 N–H and O–H groups in total. The van der Waals surface area contributed by atoms with Gasteiger partial charge in [-0.1, -0.05) is 38.8 Å². The Kier molecular flexibility index (Phi) is 8.43. The molecule has 1 unspecified atom stereocenters. The van der Waals surface area contributed by atoms with Crippen LogP contribution in [0.25, 0.3) is 0 Å². The number of rotatable bonds is 10. The van der Waals surface area contributed by atoms with Crippen LogP contribution >= 0.6 is 8.25 Å². The van der Waals surface area contributed by atoms with E-state index in [4.69, 9.17) is 9.42 Å². The van der Waals surface area contributed by atoms with Crippen molar-refractivity contribution in [1.29, 1.82) is 0 Å². The molecule has 4 nitrogen and oxygen atoms in total. The lowest BCUT2D eigenvalue weighted by Gasteiger charge is -2.24. The normalized spacial score (nSPS) is 11.4. The van der Waals surface area contributed by atoms with E-state index in [1.165, 1.54) is 31.4 Å². The highest BCUT2D eigenvalue weighted by Gasteiger charge is 2.12. The number of anilines is 1. The topological polar surface area (TPSA) is 49.8 Å². The Morgan fingerprint density at radius 1 is 1.10 bits per heavy atom. The fourth-order valence-electron chi connectivity index (χ4n) is 2.00. The molecular weight excluding hydrogens is 273 g/mol. The predicted molar refractivity (Wildman–Crippen MR) is 83.1 cm³/mol. The lowest BCUT2D eigenvalue weighted by Crippen LogP contribution is -2.25. The Balaban J connectivity index is 2.63. The zero-order chi connectivity index (χ0) is 14.8. The van der Waals surface area contributed by atoms with Gasteiger partial charge in [0.1, 0.15) is 6.61 Å². The van der Waals surface area contributed by atoms with Crippen molar-refractivity contribution < 1.29 is 14.0 Å². The van der Waals surface area contributed by atoms with Gasteiger partial charge in [-0.3, -0.25) is 0 Å². The maximum atomic E-state index is 10.5. The number of benzene rings is 1. The van der Waals surface area contributed by atoms with Crippen LogP contribution in [0, 0.1) is 0 Å². The molecule has 20 heavy (non-hydrogen) atoms. The average molecular weight is 298 g/mol. The molecule has 1 aromatic rings. The second-order valence-electron chi connectivity index (χ2n) is 4.87. The zero-order valence-corrected chi connectivity index (χ0v) is 13.3. The number of hydrogen-bond acceptors (Lipinski definition) is 3. The van der Waals surface area contributed by atoms with Gasteiger partial charge < -0.3 is 4.90 Å². The van der Waals surface area contributed by atoms with Gasteiger partial charge in [-0.25, -0.2) is 0 Å². The fraction of sp³-hybridized carbons (Fsp3) is 0.600. The van der Waals surface area contributed by atoms with Crippen LogP contribution in [0.15, 0.2) is 24.3 Å². The van der Waals surface area contributed by atoms with Crippen LogP contribution in [0.4, 0.5) is 5.69 Å². The van der Waals surface area contributed by atoms with Gasteiger partial charge in [0.15, 0.2) is 0 Å². The first-order chi connectivity index (χ1) is 9.67. The SMILES string of the molecule is CCCCN(CCCC)c1ccc(CO[P+](=O)O)cc1. The van der Waals surface area contributed by atoms with Gasteiger partial charge >= 0.3 is 8.25 Å². The molecule has 0 aromatic heterocycles. The standard InChI is InChI=1S/C15H24NO3P/c1-3-5-11-16(12-6-4-2)15-9-7-14(8-10-15)13-19-20(17)18/h7-10H,3-6,11-13H2,1-2H3/p+1. The van der Waals surface area contributed by atoms with Crippen molar-refractivity contribution >= 4 is 13.9 Å². The molecule has 1 aromatic carbocycles. The summed E-state index contributed by atoms with van der Waals surface area (Å²) in [5.74, 6) is 0. The van der Waals surface area contributed by atoms with Gasteiger partial charge in [0, 0.05) is 23.3 Å². The molecule has 0 spiro atoms. The van der Waals surface area contributed by atoms with E-state index < -0.39 is 8.25 Å². The summed E-state index contributed by atoms with van der Waals surface area (Å²) in [7, 11) is -2.52. The molecule has 112 valence electrons. The molecule has 0 amide bonds. The maximum absolute atomic E-state index is 10.5. The Bertz CT molecular complexity index is 387. The minimum Gasteiger partial charge on any atom is -0.372 e. The van der Waals surface area contributed by atoms with Crippen molar-refractivity contribution in [2.75, 3.05) is 18.0 Å². The average Bonchev–Trinajstić information content (AvgIpc) is 2.46. The largest absolute Gasteiger partial charge is 0.695 e. The Hall–Kier alpha value is -0.960. The summed E-state index contributed by atoms with van der Waals surface area (Å²) in [5.41, 5.74) is 2.13. The summed E-state index contributed by atoms with van der Waals surface area (Å²) in [6, 6.07) is 8.04. The molecule has 0 radical (unpaired) electrons. The Morgan fingerprint density at radius 3 is 2.10 bits per heavy atom. The number of unbranched alkanes of at least 4 members (excludes halogenated alkanes) is 2. The van der Waals surface area contributed by atoms with Crippen LogP contribution in [0.1, 0.15) is 45.1 Å². The van der Waals surface area contributed by atoms with E-state index in [1.807, 2.05) is 12.1 Å². The van der Waals surface area contributed by atoms with Gasteiger partial charge in [0.2, 0.25) is 0 Å². The minimum atomic E-state index is -2.52. The van der Waals surface area contributed by atoms with E-state index in [1.54, 1.807) is 0 Å². The van der Waals surface area contributed by atoms with Gasteiger partial charge in [0.05, 0.1) is 0 Å². The van der Waals surface area contributed by atoms with Crippen LogP contribution in [0.2, 0.25) is 0 Å². The molecule has 1 rings (SSSR count). The quantitative estimate of drug-likeness (QED) is 0.656. The monoisotopic (exact) mass is 298 g/mol. The minimum absolute atomic E-state index is 0.176. The first-order valence-corrected chi connectivity index (χ1v) is 8.43. The summed E-state index contributed by atoms with van der Waals surface area (Å²) >= 11 is 0. The smallest absolute Gasteiger partial charge is 0.372 e. The zero-order valence-electron chi connectivity index (χ0n) is 12.4. The third-order valence-corrected chi connectivity index (χ3v) is 3.56. The van der Waals surface area contributed by atoms with E-state index >= 15 is 0 Å². The third kappa shape index (κ3) is 6.47. The lowest BCUT2D eigenvalue weighted by molar-refractivity contribution is 0.272. The Labute approximate surface area is 122 Å². The van der Waals surface area contributed by atoms with Crippen LogP contribution in [0.5, 0.6) is 0 Å². The molecular formula is C15H25NO3P+. The second kappa shape index (κ2) is 9.87. The molecule has 0 aliphatic carbocycles. The third-order valence-electron chi connectivity index (χ3n) is 3.21. The van der Waals surface area contributed by atoms with E-state index in [0.29, 0.717) is 0 Å². The van der Waals surface area contributed by atoms with Crippen molar-refractivity contribution in [2.45, 2.75) is 46.1 Å². The van der Waals surface area contributed by atoms with E-state index in [9.17, 15) is 4.57 Å². The summed E-state index contributed by atoms with van der Waals surface area (Å²) in [6.07, 6.45) is 4.77. The first-order valence-electron chi connectivity index (χ1n) is 7.30. The summed E-state index contributed by atoms with van der Waals surface area (Å²) in [5, 5.41) is 0. The van der Waals surface area contributed by atoms with Crippen molar-refractivity contribution in [3.8, 4) is 0 Å². The maximum Gasteiger partial charge on any atom is 0.695 e. The van der Waals surface area contributed by atoms with Gasteiger partial charge in [-0.05, 0) is 30.5 Å². The highest BCUT2D eigenvalue weighted by atomic mass is 31.1. The van der Waals surface area contributed by atoms with E-state index in [2.05, 4.69) is 30.9 Å². The molecule has 0 bridgehead atoms. The molecule has 0 saturated heterocycles. The van der Waals surface area contributed by atoms with Gasteiger partial charge in [-0.15, -0.1) is 9.42 Å². The highest BCUT2D eigenvalue weighted by Crippen LogP contribution is 2.21. The Morgan fingerprint density at radius 2 is 1.65 bits per heavy atom. The summed E-state index contributed by atoms with van der Waals surface area (Å²) < 4.78 is 15.2. The van der Waals surface area contributed by atoms with Crippen LogP contribution in [-0.2, 0) is 15.7 Å². The van der Waals surface area contributed by atoms with E-state index in [-0.39, 0.29) is 6.61 Å². The van der Waals surface area contributed by atoms with Crippen molar-refractivity contribution in [3.05, 3.63) is 29.8 Å². The number of hydrogen-bond donors (Lipinski definition) is 1. The first kappa shape index (κ1) is 17.1. The molecule has 0 aliphatic heterocycles. The molecule has 1 atom stereocenters. The molecule has 0 heterocycles. The van der Waals surface area contributed by atoms with Crippen molar-refractivity contribution in [1.82, 2.24) is 0 Å². The molecule has 0 aliphatic rings. The van der Waals surface area contributed by atoms with Crippen LogP contribution in [-0.4, -0.2) is 18.0 Å². The molecule has 0 fully saturated rings. The summed E-state index contributed by atoms with van der Waals surface area (Å²) in [6.45, 7) is 6.74. The highest BCUT2D eigenvalue weighted by molar-refractivity contribution is 7.32. The second-order valence-corrected chi connectivity index (χ2v) is 5.61. The lowest BCUT2D eigenvalue weighted by atomic mass is 10.2. The van der Waals surface area contributed by atoms with Gasteiger partial charge in [0.25, 0.3) is 0 Å². The fourth-order valence-corrected chi connectivity index (χ4v) is 2.26. The van der Waals surface area contributed by atoms with Crippen LogP contribution < -0.4 is 4.90 Å².